The lowest BCUT2D eigenvalue weighted by Crippen LogP contribution is -2.07. The second kappa shape index (κ2) is 6.96. The highest BCUT2D eigenvalue weighted by Crippen LogP contribution is 2.36. The maximum Gasteiger partial charge on any atom is 0.335 e. The average Bonchev–Trinajstić information content (AvgIpc) is 2.83. The van der Waals surface area contributed by atoms with Gasteiger partial charge in [0.05, 0.1) is 16.9 Å². The van der Waals surface area contributed by atoms with E-state index in [4.69, 9.17) is 10.2 Å². The number of fused-ring (bicyclic) bond motifs is 1. The van der Waals surface area contributed by atoms with Gasteiger partial charge in [-0.05, 0) is 49.6 Å². The summed E-state index contributed by atoms with van der Waals surface area (Å²) in [6, 6.07) is 14.9. The molecule has 1 aliphatic heterocycles. The average molecular weight is 412 g/mol. The zero-order chi connectivity index (χ0) is 18.1. The summed E-state index contributed by atoms with van der Waals surface area (Å²) in [7, 11) is 0. The highest BCUT2D eigenvalue weighted by Gasteiger charge is 2.22. The van der Waals surface area contributed by atoms with E-state index >= 15 is 0 Å². The lowest BCUT2D eigenvalue weighted by atomic mass is 10.0. The predicted octanol–water partition coefficient (Wildman–Crippen LogP) is 4.75. The Labute approximate surface area is 159 Å². The summed E-state index contributed by atoms with van der Waals surface area (Å²) >= 11 is 3.64. The van der Waals surface area contributed by atoms with Crippen LogP contribution in [0.1, 0.15) is 28.8 Å². The molecular weight excluding hydrogens is 394 g/mol. The van der Waals surface area contributed by atoms with Gasteiger partial charge in [-0.25, -0.2) is 9.48 Å². The second-order valence-corrected chi connectivity index (χ2v) is 7.16. The van der Waals surface area contributed by atoms with Crippen LogP contribution in [-0.4, -0.2) is 27.4 Å². The van der Waals surface area contributed by atoms with Crippen molar-refractivity contribution in [3.8, 4) is 16.9 Å². The Morgan fingerprint density at radius 3 is 2.62 bits per heavy atom. The van der Waals surface area contributed by atoms with Gasteiger partial charge in [0.1, 0.15) is 5.82 Å². The minimum atomic E-state index is -0.928. The van der Waals surface area contributed by atoms with E-state index in [-0.39, 0.29) is 5.56 Å². The smallest absolute Gasteiger partial charge is 0.335 e. The number of rotatable bonds is 3. The highest BCUT2D eigenvalue weighted by atomic mass is 79.9. The van der Waals surface area contributed by atoms with E-state index in [9.17, 15) is 4.79 Å². The maximum absolute atomic E-state index is 11.1. The van der Waals surface area contributed by atoms with Crippen molar-refractivity contribution < 1.29 is 9.90 Å². The first-order valence-electron chi connectivity index (χ1n) is 8.59. The zero-order valence-electron chi connectivity index (χ0n) is 14.1. The molecule has 0 unspecified atom stereocenters. The fourth-order valence-electron chi connectivity index (χ4n) is 3.30. The first-order valence-corrected chi connectivity index (χ1v) is 9.39. The van der Waals surface area contributed by atoms with Crippen LogP contribution in [0.25, 0.3) is 16.9 Å². The van der Waals surface area contributed by atoms with Gasteiger partial charge in [0, 0.05) is 22.1 Å². The Balaban J connectivity index is 1.87. The molecule has 0 saturated heterocycles. The Kier molecular flexibility index (Phi) is 4.51. The number of nitrogens with one attached hydrogen (secondary N) is 1. The number of halogens is 1. The van der Waals surface area contributed by atoms with E-state index in [1.807, 2.05) is 22.9 Å². The molecule has 1 aromatic heterocycles. The van der Waals surface area contributed by atoms with Crippen LogP contribution >= 0.6 is 15.9 Å². The third-order valence-corrected chi connectivity index (χ3v) is 5.31. The van der Waals surface area contributed by atoms with Crippen molar-refractivity contribution in [2.75, 3.05) is 11.9 Å². The molecule has 0 amide bonds. The summed E-state index contributed by atoms with van der Waals surface area (Å²) in [6.45, 7) is 0.904. The van der Waals surface area contributed by atoms with Crippen molar-refractivity contribution in [1.29, 1.82) is 0 Å². The molecule has 6 heteroatoms. The van der Waals surface area contributed by atoms with E-state index in [1.165, 1.54) is 5.56 Å². The molecular formula is C20H18BrN3O2. The normalized spacial score (nSPS) is 13.6. The molecule has 0 bridgehead atoms. The van der Waals surface area contributed by atoms with E-state index in [2.05, 4.69) is 27.3 Å². The molecule has 0 aliphatic carbocycles. The van der Waals surface area contributed by atoms with Crippen LogP contribution in [-0.2, 0) is 6.42 Å². The first-order chi connectivity index (χ1) is 12.6. The van der Waals surface area contributed by atoms with Crippen molar-refractivity contribution in [2.24, 2.45) is 0 Å². The molecule has 0 spiro atoms. The Morgan fingerprint density at radius 1 is 1.12 bits per heavy atom. The van der Waals surface area contributed by atoms with Gasteiger partial charge < -0.3 is 10.4 Å². The number of benzene rings is 2. The van der Waals surface area contributed by atoms with Gasteiger partial charge in [0.15, 0.2) is 0 Å². The van der Waals surface area contributed by atoms with Crippen molar-refractivity contribution in [1.82, 2.24) is 9.78 Å². The number of carboxylic acid groups (broad SMARTS) is 1. The van der Waals surface area contributed by atoms with E-state index in [1.54, 1.807) is 24.3 Å². The molecule has 0 fully saturated rings. The molecule has 2 heterocycles. The van der Waals surface area contributed by atoms with Crippen LogP contribution in [0.4, 0.5) is 5.82 Å². The third-order valence-electron chi connectivity index (χ3n) is 4.62. The third kappa shape index (κ3) is 3.01. The number of anilines is 1. The molecule has 3 aromatic rings. The summed E-state index contributed by atoms with van der Waals surface area (Å²) in [6.07, 6.45) is 3.19. The van der Waals surface area contributed by atoms with Crippen LogP contribution in [0.2, 0.25) is 0 Å². The van der Waals surface area contributed by atoms with Crippen molar-refractivity contribution >= 4 is 27.7 Å². The largest absolute Gasteiger partial charge is 0.478 e. The second-order valence-electron chi connectivity index (χ2n) is 6.30. The highest BCUT2D eigenvalue weighted by molar-refractivity contribution is 9.10. The van der Waals surface area contributed by atoms with E-state index in [0.29, 0.717) is 0 Å². The van der Waals surface area contributed by atoms with Gasteiger partial charge in [-0.1, -0.05) is 34.1 Å². The molecule has 0 saturated carbocycles. The Bertz CT molecular complexity index is 964. The fourth-order valence-corrected chi connectivity index (χ4v) is 3.78. The van der Waals surface area contributed by atoms with Crippen LogP contribution in [0, 0.1) is 0 Å². The van der Waals surface area contributed by atoms with Gasteiger partial charge in [-0.2, -0.15) is 5.10 Å². The predicted molar refractivity (Wildman–Crippen MR) is 105 cm³/mol. The SMILES string of the molecule is O=C(O)c1ccc(-n2nc(-c3ccccc3Br)c3c2NCCCC3)cc1. The molecule has 1 aliphatic rings. The number of hydrogen-bond acceptors (Lipinski definition) is 3. The zero-order valence-corrected chi connectivity index (χ0v) is 15.7. The van der Waals surface area contributed by atoms with Gasteiger partial charge in [0.25, 0.3) is 0 Å². The number of aromatic nitrogens is 2. The maximum atomic E-state index is 11.1. The lowest BCUT2D eigenvalue weighted by molar-refractivity contribution is 0.0697. The number of nitrogens with zero attached hydrogens (tertiary/aromatic N) is 2. The minimum absolute atomic E-state index is 0.269. The lowest BCUT2D eigenvalue weighted by Gasteiger charge is -2.09. The minimum Gasteiger partial charge on any atom is -0.478 e. The Hall–Kier alpha value is -2.60. The van der Waals surface area contributed by atoms with Gasteiger partial charge in [-0.3, -0.25) is 0 Å². The van der Waals surface area contributed by atoms with Crippen molar-refractivity contribution in [2.45, 2.75) is 19.3 Å². The van der Waals surface area contributed by atoms with E-state index < -0.39 is 5.97 Å². The monoisotopic (exact) mass is 411 g/mol. The molecule has 132 valence electrons. The summed E-state index contributed by atoms with van der Waals surface area (Å²) in [4.78, 5) is 11.1. The topological polar surface area (TPSA) is 67.1 Å². The van der Waals surface area contributed by atoms with Crippen molar-refractivity contribution in [3.05, 3.63) is 64.1 Å². The van der Waals surface area contributed by atoms with Crippen LogP contribution in [0.5, 0.6) is 0 Å². The molecule has 26 heavy (non-hydrogen) atoms. The Morgan fingerprint density at radius 2 is 1.88 bits per heavy atom. The van der Waals surface area contributed by atoms with Crippen LogP contribution < -0.4 is 5.32 Å². The van der Waals surface area contributed by atoms with Crippen LogP contribution in [0.15, 0.2) is 53.0 Å². The molecule has 5 nitrogen and oxygen atoms in total. The first kappa shape index (κ1) is 16.8. The quantitative estimate of drug-likeness (QED) is 0.652. The molecule has 2 N–H and O–H groups in total. The molecule has 0 radical (unpaired) electrons. The number of carboxylic acids is 1. The number of carbonyl (C=O) groups is 1. The molecule has 0 atom stereocenters. The summed E-state index contributed by atoms with van der Waals surface area (Å²) in [5.74, 6) is 0.0687. The number of hydrogen-bond donors (Lipinski definition) is 2. The van der Waals surface area contributed by atoms with Gasteiger partial charge >= 0.3 is 5.97 Å². The summed E-state index contributed by atoms with van der Waals surface area (Å²) in [5.41, 5.74) is 4.35. The van der Waals surface area contributed by atoms with E-state index in [0.717, 1.165) is 53.0 Å². The summed E-state index contributed by atoms with van der Waals surface area (Å²) in [5, 5.41) is 17.5. The summed E-state index contributed by atoms with van der Waals surface area (Å²) < 4.78 is 2.90. The van der Waals surface area contributed by atoms with Crippen LogP contribution in [0.3, 0.4) is 0 Å². The standard InChI is InChI=1S/C20H18BrN3O2/c21-17-7-2-1-5-15(17)18-16-6-3-4-12-22-19(16)24(23-18)14-10-8-13(9-11-14)20(25)26/h1-2,5,7-11,22H,3-4,6,12H2,(H,25,26). The number of aromatic carboxylic acids is 1. The van der Waals surface area contributed by atoms with Gasteiger partial charge in [-0.15, -0.1) is 0 Å². The molecule has 4 rings (SSSR count). The van der Waals surface area contributed by atoms with Crippen molar-refractivity contribution in [3.63, 3.8) is 0 Å². The fraction of sp³-hybridized carbons (Fsp3) is 0.200. The molecule has 2 aromatic carbocycles. The van der Waals surface area contributed by atoms with Gasteiger partial charge in [0.2, 0.25) is 0 Å².